The lowest BCUT2D eigenvalue weighted by Crippen LogP contribution is -2.47. The molecule has 3 rings (SSSR count). The van der Waals surface area contributed by atoms with E-state index in [1.54, 1.807) is 32.0 Å². The number of hydrogen-bond acceptors (Lipinski definition) is 5. The molecular weight excluding hydrogens is 382 g/mol. The molecule has 1 heterocycles. The number of nitrogens with zero attached hydrogens (tertiary/aromatic N) is 1. The van der Waals surface area contributed by atoms with Crippen molar-refractivity contribution in [1.82, 2.24) is 9.71 Å². The summed E-state index contributed by atoms with van der Waals surface area (Å²) < 4.78 is 28.2. The molecule has 8 heteroatoms. The van der Waals surface area contributed by atoms with Gasteiger partial charge in [-0.25, -0.2) is 13.4 Å². The standard InChI is InChI=1S/C19H21N3O3S2/c1-12(2)17(18(23)21-19-20-13(3)11-26-19)22-27(24,25)16-9-8-14-6-4-5-7-15(14)10-16/h4-12,17,22H,1-3H3,(H,20,21,23). The maximum Gasteiger partial charge on any atom is 0.244 e. The molecular formula is C19H21N3O3S2. The minimum absolute atomic E-state index is 0.129. The number of carbonyl (C=O) groups is 1. The summed E-state index contributed by atoms with van der Waals surface area (Å²) in [6, 6.07) is 11.5. The van der Waals surface area contributed by atoms with Gasteiger partial charge >= 0.3 is 0 Å². The Labute approximate surface area is 162 Å². The summed E-state index contributed by atoms with van der Waals surface area (Å²) in [5.41, 5.74) is 0.799. The summed E-state index contributed by atoms with van der Waals surface area (Å²) in [4.78, 5) is 16.9. The average Bonchev–Trinajstić information content (AvgIpc) is 3.03. The zero-order chi connectivity index (χ0) is 19.6. The number of thiazole rings is 1. The maximum absolute atomic E-state index is 12.8. The van der Waals surface area contributed by atoms with E-state index in [1.807, 2.05) is 36.6 Å². The second-order valence-corrected chi connectivity index (χ2v) is 9.21. The Morgan fingerprint density at radius 1 is 1.11 bits per heavy atom. The summed E-state index contributed by atoms with van der Waals surface area (Å²) in [6.07, 6.45) is 0. The van der Waals surface area contributed by atoms with E-state index in [9.17, 15) is 13.2 Å². The molecule has 0 saturated carbocycles. The van der Waals surface area contributed by atoms with Gasteiger partial charge in [0, 0.05) is 5.38 Å². The van der Waals surface area contributed by atoms with Crippen molar-refractivity contribution in [3.63, 3.8) is 0 Å². The quantitative estimate of drug-likeness (QED) is 0.659. The van der Waals surface area contributed by atoms with Crippen molar-refractivity contribution in [3.8, 4) is 0 Å². The van der Waals surface area contributed by atoms with Crippen LogP contribution in [0.2, 0.25) is 0 Å². The first-order valence-corrected chi connectivity index (χ1v) is 10.9. The van der Waals surface area contributed by atoms with Gasteiger partial charge in [0.25, 0.3) is 0 Å². The third-order valence-electron chi connectivity index (χ3n) is 4.11. The maximum atomic E-state index is 12.8. The Morgan fingerprint density at radius 2 is 1.81 bits per heavy atom. The molecule has 0 bridgehead atoms. The lowest BCUT2D eigenvalue weighted by molar-refractivity contribution is -0.118. The molecule has 3 aromatic rings. The van der Waals surface area contributed by atoms with Crippen LogP contribution in [-0.2, 0) is 14.8 Å². The molecule has 2 aromatic carbocycles. The molecule has 0 saturated heterocycles. The van der Waals surface area contributed by atoms with Crippen LogP contribution in [0.1, 0.15) is 19.5 Å². The van der Waals surface area contributed by atoms with Crippen molar-refractivity contribution in [1.29, 1.82) is 0 Å². The number of sulfonamides is 1. The first kappa shape index (κ1) is 19.5. The molecule has 142 valence electrons. The summed E-state index contributed by atoms with van der Waals surface area (Å²) in [6.45, 7) is 5.41. The average molecular weight is 404 g/mol. The highest BCUT2D eigenvalue weighted by Crippen LogP contribution is 2.21. The Bertz CT molecular complexity index is 1070. The van der Waals surface area contributed by atoms with Crippen molar-refractivity contribution in [2.24, 2.45) is 5.92 Å². The Balaban J connectivity index is 1.84. The number of aromatic nitrogens is 1. The number of fused-ring (bicyclic) bond motifs is 1. The van der Waals surface area contributed by atoms with Gasteiger partial charge in [-0.2, -0.15) is 4.72 Å². The minimum Gasteiger partial charge on any atom is -0.301 e. The van der Waals surface area contributed by atoms with Gasteiger partial charge in [-0.15, -0.1) is 11.3 Å². The molecule has 6 nitrogen and oxygen atoms in total. The molecule has 1 atom stereocenters. The van der Waals surface area contributed by atoms with Crippen LogP contribution in [0, 0.1) is 12.8 Å². The van der Waals surface area contributed by atoms with E-state index in [2.05, 4.69) is 15.0 Å². The topological polar surface area (TPSA) is 88.2 Å². The highest BCUT2D eigenvalue weighted by atomic mass is 32.2. The third kappa shape index (κ3) is 4.52. The van der Waals surface area contributed by atoms with Crippen LogP contribution in [0.15, 0.2) is 52.7 Å². The SMILES string of the molecule is Cc1csc(NC(=O)C(NS(=O)(=O)c2ccc3ccccc3c2)C(C)C)n1. The monoisotopic (exact) mass is 403 g/mol. The van der Waals surface area contributed by atoms with E-state index in [0.29, 0.717) is 5.13 Å². The first-order chi connectivity index (χ1) is 12.8. The predicted molar refractivity (Wildman–Crippen MR) is 108 cm³/mol. The van der Waals surface area contributed by atoms with Crippen LogP contribution in [0.4, 0.5) is 5.13 Å². The van der Waals surface area contributed by atoms with Gasteiger partial charge in [-0.05, 0) is 35.7 Å². The van der Waals surface area contributed by atoms with Crippen LogP contribution in [0.25, 0.3) is 10.8 Å². The first-order valence-electron chi connectivity index (χ1n) is 8.50. The van der Waals surface area contributed by atoms with Crippen molar-refractivity contribution >= 4 is 43.2 Å². The molecule has 0 spiro atoms. The fraction of sp³-hybridized carbons (Fsp3) is 0.263. The van der Waals surface area contributed by atoms with Crippen molar-refractivity contribution in [3.05, 3.63) is 53.5 Å². The largest absolute Gasteiger partial charge is 0.301 e. The number of carbonyl (C=O) groups excluding carboxylic acids is 1. The molecule has 0 fully saturated rings. The minimum atomic E-state index is -3.86. The summed E-state index contributed by atoms with van der Waals surface area (Å²) in [5.74, 6) is -0.662. The Hall–Kier alpha value is -2.29. The van der Waals surface area contributed by atoms with Crippen LogP contribution >= 0.6 is 11.3 Å². The van der Waals surface area contributed by atoms with E-state index < -0.39 is 22.0 Å². The number of hydrogen-bond donors (Lipinski definition) is 2. The molecule has 1 amide bonds. The van der Waals surface area contributed by atoms with E-state index in [4.69, 9.17) is 0 Å². The van der Waals surface area contributed by atoms with Gasteiger partial charge in [0.15, 0.2) is 5.13 Å². The molecule has 1 aromatic heterocycles. The number of rotatable bonds is 6. The lowest BCUT2D eigenvalue weighted by Gasteiger charge is -2.21. The summed E-state index contributed by atoms with van der Waals surface area (Å²) in [5, 5.41) is 6.74. The van der Waals surface area contributed by atoms with Crippen molar-refractivity contribution in [2.45, 2.75) is 31.7 Å². The molecule has 0 radical (unpaired) electrons. The van der Waals surface area contributed by atoms with Gasteiger partial charge in [-0.3, -0.25) is 4.79 Å². The van der Waals surface area contributed by atoms with Crippen LogP contribution < -0.4 is 10.0 Å². The van der Waals surface area contributed by atoms with Gasteiger partial charge in [0.05, 0.1) is 10.6 Å². The number of benzene rings is 2. The van der Waals surface area contributed by atoms with Crippen LogP contribution in [-0.4, -0.2) is 25.4 Å². The van der Waals surface area contributed by atoms with E-state index >= 15 is 0 Å². The summed E-state index contributed by atoms with van der Waals surface area (Å²) >= 11 is 1.30. The zero-order valence-electron chi connectivity index (χ0n) is 15.3. The van der Waals surface area contributed by atoms with Crippen LogP contribution in [0.5, 0.6) is 0 Å². The number of anilines is 1. The van der Waals surface area contributed by atoms with Crippen molar-refractivity contribution < 1.29 is 13.2 Å². The van der Waals surface area contributed by atoms with Gasteiger partial charge in [0.2, 0.25) is 15.9 Å². The van der Waals surface area contributed by atoms with E-state index in [0.717, 1.165) is 16.5 Å². The normalized spacial score (nSPS) is 13.0. The predicted octanol–water partition coefficient (Wildman–Crippen LogP) is 3.55. The van der Waals surface area contributed by atoms with Gasteiger partial charge in [0.1, 0.15) is 6.04 Å². The second-order valence-electron chi connectivity index (χ2n) is 6.64. The molecule has 0 aliphatic rings. The number of nitrogens with one attached hydrogen (secondary N) is 2. The molecule has 27 heavy (non-hydrogen) atoms. The molecule has 1 unspecified atom stereocenters. The second kappa shape index (κ2) is 7.75. The molecule has 2 N–H and O–H groups in total. The number of aryl methyl sites for hydroxylation is 1. The van der Waals surface area contributed by atoms with E-state index in [-0.39, 0.29) is 10.8 Å². The lowest BCUT2D eigenvalue weighted by atomic mass is 10.1. The van der Waals surface area contributed by atoms with Crippen molar-refractivity contribution in [2.75, 3.05) is 5.32 Å². The van der Waals surface area contributed by atoms with E-state index in [1.165, 1.54) is 11.3 Å². The highest BCUT2D eigenvalue weighted by molar-refractivity contribution is 7.89. The van der Waals surface area contributed by atoms with Gasteiger partial charge in [-0.1, -0.05) is 44.2 Å². The molecule has 0 aliphatic carbocycles. The smallest absolute Gasteiger partial charge is 0.244 e. The Morgan fingerprint density at radius 3 is 2.44 bits per heavy atom. The van der Waals surface area contributed by atoms with Crippen LogP contribution in [0.3, 0.4) is 0 Å². The third-order valence-corrected chi connectivity index (χ3v) is 6.43. The summed E-state index contributed by atoms with van der Waals surface area (Å²) in [7, 11) is -3.86. The highest BCUT2D eigenvalue weighted by Gasteiger charge is 2.29. The fourth-order valence-electron chi connectivity index (χ4n) is 2.66. The Kier molecular flexibility index (Phi) is 5.59. The molecule has 0 aliphatic heterocycles. The van der Waals surface area contributed by atoms with Gasteiger partial charge < -0.3 is 5.32 Å². The zero-order valence-corrected chi connectivity index (χ0v) is 16.9. The fourth-order valence-corrected chi connectivity index (χ4v) is 4.73. The number of amides is 1.